The lowest BCUT2D eigenvalue weighted by molar-refractivity contribution is -0.125. The molecule has 0 aliphatic carbocycles. The molecule has 0 aliphatic rings. The maximum absolute atomic E-state index is 11.8. The van der Waals surface area contributed by atoms with E-state index in [0.717, 1.165) is 5.56 Å². The first kappa shape index (κ1) is 13.5. The standard InChI is InChI=1S/C14H16ClNO/c1-3-11-16(4-2)14(17)10-7-12-5-8-13(15)9-6-12/h3,5-10H,1,4,11H2,2H3/b10-7+. The van der Waals surface area contributed by atoms with Crippen LogP contribution in [0.2, 0.25) is 5.02 Å². The number of hydrogen-bond acceptors (Lipinski definition) is 1. The maximum Gasteiger partial charge on any atom is 0.246 e. The Bertz CT molecular complexity index is 409. The first-order chi connectivity index (χ1) is 8.17. The highest BCUT2D eigenvalue weighted by Crippen LogP contribution is 2.10. The highest BCUT2D eigenvalue weighted by Gasteiger charge is 2.04. The highest BCUT2D eigenvalue weighted by atomic mass is 35.5. The largest absolute Gasteiger partial charge is 0.336 e. The molecule has 0 aliphatic heterocycles. The van der Waals surface area contributed by atoms with Gasteiger partial charge in [0.05, 0.1) is 0 Å². The minimum atomic E-state index is -0.0117. The fourth-order valence-electron chi connectivity index (χ4n) is 1.38. The summed E-state index contributed by atoms with van der Waals surface area (Å²) in [5.74, 6) is -0.0117. The summed E-state index contributed by atoms with van der Waals surface area (Å²) in [6.07, 6.45) is 5.07. The zero-order chi connectivity index (χ0) is 12.7. The number of hydrogen-bond donors (Lipinski definition) is 0. The van der Waals surface area contributed by atoms with Crippen LogP contribution in [0.4, 0.5) is 0 Å². The summed E-state index contributed by atoms with van der Waals surface area (Å²) in [5.41, 5.74) is 0.956. The van der Waals surface area contributed by atoms with Crippen LogP contribution in [-0.2, 0) is 4.79 Å². The summed E-state index contributed by atoms with van der Waals surface area (Å²) in [5, 5.41) is 0.690. The van der Waals surface area contributed by atoms with Crippen LogP contribution in [0.5, 0.6) is 0 Å². The van der Waals surface area contributed by atoms with Crippen molar-refractivity contribution in [2.45, 2.75) is 6.92 Å². The first-order valence-corrected chi connectivity index (χ1v) is 5.88. The first-order valence-electron chi connectivity index (χ1n) is 5.50. The van der Waals surface area contributed by atoms with Crippen molar-refractivity contribution in [2.75, 3.05) is 13.1 Å². The van der Waals surface area contributed by atoms with E-state index >= 15 is 0 Å². The molecule has 1 amide bonds. The SMILES string of the molecule is C=CCN(CC)C(=O)/C=C/c1ccc(Cl)cc1. The van der Waals surface area contributed by atoms with Crippen LogP contribution in [-0.4, -0.2) is 23.9 Å². The number of amides is 1. The zero-order valence-corrected chi connectivity index (χ0v) is 10.7. The summed E-state index contributed by atoms with van der Waals surface area (Å²) in [6.45, 7) is 6.81. The Labute approximate surface area is 107 Å². The van der Waals surface area contributed by atoms with Gasteiger partial charge < -0.3 is 4.90 Å². The Morgan fingerprint density at radius 3 is 2.59 bits per heavy atom. The molecule has 0 N–H and O–H groups in total. The summed E-state index contributed by atoms with van der Waals surface area (Å²) >= 11 is 5.78. The Morgan fingerprint density at radius 2 is 2.06 bits per heavy atom. The number of carbonyl (C=O) groups excluding carboxylic acids is 1. The maximum atomic E-state index is 11.8. The average Bonchev–Trinajstić information content (AvgIpc) is 2.35. The molecule has 0 spiro atoms. The topological polar surface area (TPSA) is 20.3 Å². The summed E-state index contributed by atoms with van der Waals surface area (Å²) in [7, 11) is 0. The molecular weight excluding hydrogens is 234 g/mol. The molecule has 0 atom stereocenters. The molecular formula is C14H16ClNO. The minimum absolute atomic E-state index is 0.0117. The molecule has 1 aromatic carbocycles. The quantitative estimate of drug-likeness (QED) is 0.579. The third-order valence-electron chi connectivity index (χ3n) is 2.33. The lowest BCUT2D eigenvalue weighted by Gasteiger charge is -2.16. The van der Waals surface area contributed by atoms with Gasteiger partial charge in [-0.15, -0.1) is 6.58 Å². The molecule has 0 unspecified atom stereocenters. The van der Waals surface area contributed by atoms with Gasteiger partial charge in [0.15, 0.2) is 0 Å². The van der Waals surface area contributed by atoms with Crippen LogP contribution in [0.15, 0.2) is 43.0 Å². The van der Waals surface area contributed by atoms with Crippen molar-refractivity contribution in [3.05, 3.63) is 53.6 Å². The van der Waals surface area contributed by atoms with E-state index in [2.05, 4.69) is 6.58 Å². The van der Waals surface area contributed by atoms with Gasteiger partial charge in [-0.05, 0) is 30.7 Å². The molecule has 0 bridgehead atoms. The van der Waals surface area contributed by atoms with Crippen molar-refractivity contribution in [3.8, 4) is 0 Å². The van der Waals surface area contributed by atoms with Gasteiger partial charge in [-0.1, -0.05) is 29.8 Å². The Balaban J connectivity index is 2.66. The van der Waals surface area contributed by atoms with Crippen LogP contribution in [0.3, 0.4) is 0 Å². The van der Waals surface area contributed by atoms with E-state index in [1.54, 1.807) is 35.3 Å². The molecule has 3 heteroatoms. The second-order valence-electron chi connectivity index (χ2n) is 3.55. The second kappa shape index (κ2) is 6.92. The minimum Gasteiger partial charge on any atom is -0.336 e. The van der Waals surface area contributed by atoms with Crippen LogP contribution < -0.4 is 0 Å². The van der Waals surface area contributed by atoms with E-state index in [1.165, 1.54) is 0 Å². The smallest absolute Gasteiger partial charge is 0.246 e. The molecule has 2 nitrogen and oxygen atoms in total. The van der Waals surface area contributed by atoms with Gasteiger partial charge in [0.25, 0.3) is 0 Å². The number of carbonyl (C=O) groups is 1. The number of rotatable bonds is 5. The number of likely N-dealkylation sites (N-methyl/N-ethyl adjacent to an activating group) is 1. The number of nitrogens with zero attached hydrogens (tertiary/aromatic N) is 1. The van der Waals surface area contributed by atoms with Crippen molar-refractivity contribution >= 4 is 23.6 Å². The highest BCUT2D eigenvalue weighted by molar-refractivity contribution is 6.30. The van der Waals surface area contributed by atoms with Gasteiger partial charge in [0.1, 0.15) is 0 Å². The molecule has 1 aromatic rings. The third kappa shape index (κ3) is 4.45. The van der Waals surface area contributed by atoms with Gasteiger partial charge >= 0.3 is 0 Å². The van der Waals surface area contributed by atoms with Crippen LogP contribution in [0.25, 0.3) is 6.08 Å². The monoisotopic (exact) mass is 249 g/mol. The van der Waals surface area contributed by atoms with Crippen LogP contribution in [0, 0.1) is 0 Å². The molecule has 17 heavy (non-hydrogen) atoms. The fourth-order valence-corrected chi connectivity index (χ4v) is 1.50. The molecule has 0 radical (unpaired) electrons. The molecule has 90 valence electrons. The van der Waals surface area contributed by atoms with E-state index in [9.17, 15) is 4.79 Å². The normalized spacial score (nSPS) is 10.5. The predicted octanol–water partition coefficient (Wildman–Crippen LogP) is 3.39. The number of benzene rings is 1. The van der Waals surface area contributed by atoms with Gasteiger partial charge in [0, 0.05) is 24.2 Å². The second-order valence-corrected chi connectivity index (χ2v) is 3.99. The van der Waals surface area contributed by atoms with E-state index in [-0.39, 0.29) is 5.91 Å². The lowest BCUT2D eigenvalue weighted by Crippen LogP contribution is -2.29. The lowest BCUT2D eigenvalue weighted by atomic mass is 10.2. The van der Waals surface area contributed by atoms with E-state index < -0.39 is 0 Å². The van der Waals surface area contributed by atoms with Gasteiger partial charge in [0.2, 0.25) is 5.91 Å². The molecule has 0 aromatic heterocycles. The van der Waals surface area contributed by atoms with Crippen molar-refractivity contribution < 1.29 is 4.79 Å². The van der Waals surface area contributed by atoms with Gasteiger partial charge in [-0.25, -0.2) is 0 Å². The van der Waals surface area contributed by atoms with Crippen molar-refractivity contribution in [2.24, 2.45) is 0 Å². The van der Waals surface area contributed by atoms with Crippen LogP contribution >= 0.6 is 11.6 Å². The summed E-state index contributed by atoms with van der Waals surface area (Å²) in [6, 6.07) is 7.34. The predicted molar refractivity (Wildman–Crippen MR) is 72.9 cm³/mol. The average molecular weight is 250 g/mol. The van der Waals surface area contributed by atoms with Gasteiger partial charge in [-0.2, -0.15) is 0 Å². The summed E-state index contributed by atoms with van der Waals surface area (Å²) < 4.78 is 0. The molecule has 0 saturated carbocycles. The third-order valence-corrected chi connectivity index (χ3v) is 2.58. The van der Waals surface area contributed by atoms with E-state index in [4.69, 9.17) is 11.6 Å². The van der Waals surface area contributed by atoms with Crippen LogP contribution in [0.1, 0.15) is 12.5 Å². The van der Waals surface area contributed by atoms with Gasteiger partial charge in [-0.3, -0.25) is 4.79 Å². The van der Waals surface area contributed by atoms with Crippen molar-refractivity contribution in [1.29, 1.82) is 0 Å². The fraction of sp³-hybridized carbons (Fsp3) is 0.214. The molecule has 0 fully saturated rings. The van der Waals surface area contributed by atoms with E-state index in [1.807, 2.05) is 19.1 Å². The molecule has 0 heterocycles. The zero-order valence-electron chi connectivity index (χ0n) is 9.90. The number of halogens is 1. The van der Waals surface area contributed by atoms with Crippen molar-refractivity contribution in [1.82, 2.24) is 4.90 Å². The Kier molecular flexibility index (Phi) is 5.50. The van der Waals surface area contributed by atoms with E-state index in [0.29, 0.717) is 18.1 Å². The Morgan fingerprint density at radius 1 is 1.41 bits per heavy atom. The Hall–Kier alpha value is -1.54. The summed E-state index contributed by atoms with van der Waals surface area (Å²) in [4.78, 5) is 13.5. The molecule has 1 rings (SSSR count). The van der Waals surface area contributed by atoms with Crippen molar-refractivity contribution in [3.63, 3.8) is 0 Å². The molecule has 0 saturated heterocycles.